The number of carbonyl (C=O) groups is 3. The third kappa shape index (κ3) is 60.8. The van der Waals surface area contributed by atoms with Crippen molar-refractivity contribution in [1.29, 1.82) is 0 Å². The van der Waals surface area contributed by atoms with Gasteiger partial charge in [0, 0.05) is 19.3 Å². The Morgan fingerprint density at radius 2 is 0.520 bits per heavy atom. The second kappa shape index (κ2) is 62.6. The molecule has 0 aromatic carbocycles. The van der Waals surface area contributed by atoms with Crippen LogP contribution in [0.4, 0.5) is 0 Å². The van der Waals surface area contributed by atoms with E-state index in [1.165, 1.54) is 128 Å². The topological polar surface area (TPSA) is 78.9 Å². The predicted molar refractivity (Wildman–Crippen MR) is 325 cm³/mol. The van der Waals surface area contributed by atoms with Gasteiger partial charge in [-0.2, -0.15) is 0 Å². The lowest BCUT2D eigenvalue weighted by molar-refractivity contribution is -0.167. The molecule has 0 aromatic heterocycles. The van der Waals surface area contributed by atoms with Crippen LogP contribution < -0.4 is 0 Å². The van der Waals surface area contributed by atoms with Crippen LogP contribution in [0, 0.1) is 0 Å². The van der Waals surface area contributed by atoms with Gasteiger partial charge in [-0.25, -0.2) is 0 Å². The summed E-state index contributed by atoms with van der Waals surface area (Å²) in [5.74, 6) is -0.958. The summed E-state index contributed by atoms with van der Waals surface area (Å²) in [4.78, 5) is 38.3. The van der Waals surface area contributed by atoms with Gasteiger partial charge in [0.05, 0.1) is 0 Å². The minimum absolute atomic E-state index is 0.101. The summed E-state index contributed by atoms with van der Waals surface area (Å²) in [5.41, 5.74) is 0. The molecule has 0 aromatic rings. The first kappa shape index (κ1) is 71.1. The fourth-order valence-corrected chi connectivity index (χ4v) is 8.57. The van der Waals surface area contributed by atoms with Gasteiger partial charge in [-0.1, -0.05) is 271 Å². The highest BCUT2D eigenvalue weighted by atomic mass is 16.6. The summed E-state index contributed by atoms with van der Waals surface area (Å²) in [7, 11) is 0. The van der Waals surface area contributed by atoms with Crippen LogP contribution in [0.3, 0.4) is 0 Å². The Labute approximate surface area is 463 Å². The van der Waals surface area contributed by atoms with Crippen molar-refractivity contribution in [2.45, 2.75) is 297 Å². The van der Waals surface area contributed by atoms with E-state index in [1.807, 2.05) is 0 Å². The Morgan fingerprint density at radius 1 is 0.280 bits per heavy atom. The zero-order valence-electron chi connectivity index (χ0n) is 49.0. The lowest BCUT2D eigenvalue weighted by Crippen LogP contribution is -2.30. The van der Waals surface area contributed by atoms with Gasteiger partial charge in [-0.3, -0.25) is 14.4 Å². The predicted octanol–water partition coefficient (Wildman–Crippen LogP) is 21.4. The summed E-state index contributed by atoms with van der Waals surface area (Å²) >= 11 is 0. The Morgan fingerprint density at radius 3 is 0.840 bits per heavy atom. The average Bonchev–Trinajstić information content (AvgIpc) is 3.41. The molecule has 0 rings (SSSR count). The molecular weight excluding hydrogens is 925 g/mol. The number of unbranched alkanes of at least 4 members (excludes halogenated alkanes) is 27. The standard InChI is InChI=1S/C69H116O6/c1-4-7-10-13-16-19-22-25-28-31-34-37-40-43-46-49-52-55-58-61-67(70)73-64-66(75-69(72)63-60-57-54-51-48-45-42-39-36-33-30-27-24-21-18-15-12-9-6-3)65-74-68(71)62-59-56-53-50-47-44-41-38-35-32-29-26-23-20-17-14-11-8-5-2/h9,12,16,18-19,21,25,27-28,30,34,36-37,39,43,45-46,48,66H,4-8,10-11,13-15,17,20,22-24,26,29,31-33,35,38,40-42,44,47,49-65H2,1-3H3/b12-9-,19-16-,21-18-,28-25-,30-27-,37-34-,39-36-,46-43-,48-45-/t66-/m1/s1. The maximum atomic E-state index is 12.9. The maximum absolute atomic E-state index is 12.9. The van der Waals surface area contributed by atoms with E-state index in [2.05, 4.69) is 130 Å². The first-order valence-electron chi connectivity index (χ1n) is 31.4. The molecule has 0 aliphatic heterocycles. The molecule has 0 heterocycles. The van der Waals surface area contributed by atoms with Crippen molar-refractivity contribution in [2.24, 2.45) is 0 Å². The number of ether oxygens (including phenoxy) is 3. The largest absolute Gasteiger partial charge is 0.462 e. The molecule has 1 atom stereocenters. The Kier molecular flexibility index (Phi) is 59.3. The van der Waals surface area contributed by atoms with Gasteiger partial charge in [0.2, 0.25) is 0 Å². The van der Waals surface area contributed by atoms with Gasteiger partial charge in [-0.05, 0) is 109 Å². The molecule has 0 aliphatic carbocycles. The van der Waals surface area contributed by atoms with E-state index in [0.717, 1.165) is 122 Å². The Balaban J connectivity index is 4.50. The molecule has 0 N–H and O–H groups in total. The molecule has 0 radical (unpaired) electrons. The van der Waals surface area contributed by atoms with Crippen molar-refractivity contribution in [1.82, 2.24) is 0 Å². The van der Waals surface area contributed by atoms with Crippen LogP contribution in [0.15, 0.2) is 109 Å². The van der Waals surface area contributed by atoms with Gasteiger partial charge >= 0.3 is 17.9 Å². The van der Waals surface area contributed by atoms with Gasteiger partial charge in [-0.15, -0.1) is 0 Å². The maximum Gasteiger partial charge on any atom is 0.306 e. The lowest BCUT2D eigenvalue weighted by Gasteiger charge is -2.18. The molecule has 75 heavy (non-hydrogen) atoms. The normalized spacial score (nSPS) is 12.8. The summed E-state index contributed by atoms with van der Waals surface area (Å²) < 4.78 is 16.9. The summed E-state index contributed by atoms with van der Waals surface area (Å²) in [6, 6.07) is 0. The zero-order valence-corrected chi connectivity index (χ0v) is 49.0. The van der Waals surface area contributed by atoms with Crippen LogP contribution in [0.25, 0.3) is 0 Å². The first-order chi connectivity index (χ1) is 37.0. The highest BCUT2D eigenvalue weighted by molar-refractivity contribution is 5.71. The van der Waals surface area contributed by atoms with E-state index in [-0.39, 0.29) is 37.5 Å². The van der Waals surface area contributed by atoms with Crippen molar-refractivity contribution in [3.05, 3.63) is 109 Å². The summed E-state index contributed by atoms with van der Waals surface area (Å²) in [6.07, 6.45) is 85.1. The van der Waals surface area contributed by atoms with Crippen molar-refractivity contribution in [3.63, 3.8) is 0 Å². The molecule has 0 bridgehead atoms. The van der Waals surface area contributed by atoms with Crippen molar-refractivity contribution < 1.29 is 28.6 Å². The number of carbonyl (C=O) groups excluding carboxylic acids is 3. The van der Waals surface area contributed by atoms with E-state index in [9.17, 15) is 14.4 Å². The fourth-order valence-electron chi connectivity index (χ4n) is 8.57. The van der Waals surface area contributed by atoms with Crippen molar-refractivity contribution in [2.75, 3.05) is 13.2 Å². The molecule has 0 unspecified atom stereocenters. The third-order valence-electron chi connectivity index (χ3n) is 13.3. The quantitative estimate of drug-likeness (QED) is 0.0261. The molecular formula is C69H116O6. The van der Waals surface area contributed by atoms with Crippen molar-refractivity contribution >= 4 is 17.9 Å². The number of allylic oxidation sites excluding steroid dienone is 18. The first-order valence-corrected chi connectivity index (χ1v) is 31.4. The molecule has 0 aliphatic rings. The molecule has 6 nitrogen and oxygen atoms in total. The molecule has 428 valence electrons. The molecule has 0 saturated heterocycles. The third-order valence-corrected chi connectivity index (χ3v) is 13.3. The van der Waals surface area contributed by atoms with Crippen LogP contribution in [-0.4, -0.2) is 37.2 Å². The number of hydrogen-bond acceptors (Lipinski definition) is 6. The van der Waals surface area contributed by atoms with Gasteiger partial charge < -0.3 is 14.2 Å². The van der Waals surface area contributed by atoms with E-state index in [1.54, 1.807) is 0 Å². The van der Waals surface area contributed by atoms with Crippen LogP contribution in [-0.2, 0) is 28.6 Å². The van der Waals surface area contributed by atoms with E-state index < -0.39 is 6.10 Å². The monoisotopic (exact) mass is 1040 g/mol. The Bertz CT molecular complexity index is 1520. The number of rotatable bonds is 56. The van der Waals surface area contributed by atoms with Crippen LogP contribution in [0.2, 0.25) is 0 Å². The summed E-state index contributed by atoms with van der Waals surface area (Å²) in [5, 5.41) is 0. The molecule has 0 saturated carbocycles. The van der Waals surface area contributed by atoms with Crippen molar-refractivity contribution in [3.8, 4) is 0 Å². The SMILES string of the molecule is CC/C=C\C/C=C\C/C=C\C/C=C\C/C=C\CCCCCC(=O)O[C@H](COC(=O)CCCCC/C=C\C/C=C\C/C=C\C/C=C\CCCCC)COC(=O)CCCCCCCCCCCCCCCCCCCCC. The minimum atomic E-state index is -0.811. The van der Waals surface area contributed by atoms with Gasteiger partial charge in [0.1, 0.15) is 13.2 Å². The molecule has 0 spiro atoms. The van der Waals surface area contributed by atoms with E-state index >= 15 is 0 Å². The molecule has 6 heteroatoms. The van der Waals surface area contributed by atoms with E-state index in [4.69, 9.17) is 14.2 Å². The fraction of sp³-hybridized carbons (Fsp3) is 0.696. The second-order valence-electron chi connectivity index (χ2n) is 20.6. The zero-order chi connectivity index (χ0) is 54.3. The minimum Gasteiger partial charge on any atom is -0.462 e. The molecule has 0 amide bonds. The smallest absolute Gasteiger partial charge is 0.306 e. The number of esters is 3. The van der Waals surface area contributed by atoms with Crippen LogP contribution in [0.1, 0.15) is 290 Å². The molecule has 0 fully saturated rings. The van der Waals surface area contributed by atoms with Gasteiger partial charge in [0.25, 0.3) is 0 Å². The van der Waals surface area contributed by atoms with Gasteiger partial charge in [0.15, 0.2) is 6.10 Å². The number of hydrogen-bond donors (Lipinski definition) is 0. The lowest BCUT2D eigenvalue weighted by atomic mass is 10.0. The van der Waals surface area contributed by atoms with E-state index in [0.29, 0.717) is 12.8 Å². The van der Waals surface area contributed by atoms with Crippen LogP contribution >= 0.6 is 0 Å². The Hall–Kier alpha value is -3.93. The second-order valence-corrected chi connectivity index (χ2v) is 20.6. The highest BCUT2D eigenvalue weighted by Crippen LogP contribution is 2.16. The van der Waals surface area contributed by atoms with Crippen LogP contribution in [0.5, 0.6) is 0 Å². The average molecular weight is 1040 g/mol. The highest BCUT2D eigenvalue weighted by Gasteiger charge is 2.19. The summed E-state index contributed by atoms with van der Waals surface area (Å²) in [6.45, 7) is 6.47.